The van der Waals surface area contributed by atoms with Crippen LogP contribution in [-0.4, -0.2) is 22.1 Å². The monoisotopic (exact) mass is 279 g/mol. The number of carbonyl (C=O) groups is 1. The van der Waals surface area contributed by atoms with Crippen LogP contribution < -0.4 is 5.73 Å². The van der Waals surface area contributed by atoms with Crippen molar-refractivity contribution in [1.29, 1.82) is 0 Å². The maximum absolute atomic E-state index is 11.9. The Labute approximate surface area is 120 Å². The van der Waals surface area contributed by atoms with Crippen molar-refractivity contribution in [3.05, 3.63) is 11.5 Å². The summed E-state index contributed by atoms with van der Waals surface area (Å²) in [6.07, 6.45) is 3.48. The number of anilines is 1. The van der Waals surface area contributed by atoms with Crippen LogP contribution in [0.1, 0.15) is 62.4 Å². The number of rotatable bonds is 3. The summed E-state index contributed by atoms with van der Waals surface area (Å²) in [5, 5.41) is 0. The lowest BCUT2D eigenvalue weighted by Gasteiger charge is -2.34. The van der Waals surface area contributed by atoms with Crippen molar-refractivity contribution in [2.75, 3.05) is 12.3 Å². The SMILES string of the molecule is CCOC(=O)c1nc(C)n(C2CCC(C)CC2C)c1N. The molecular formula is C15H25N3O2. The minimum atomic E-state index is -0.427. The van der Waals surface area contributed by atoms with Crippen molar-refractivity contribution in [3.8, 4) is 0 Å². The van der Waals surface area contributed by atoms with Crippen LogP contribution in [0.25, 0.3) is 0 Å². The summed E-state index contributed by atoms with van der Waals surface area (Å²) in [6, 6.07) is 0.335. The van der Waals surface area contributed by atoms with E-state index in [4.69, 9.17) is 10.5 Å². The van der Waals surface area contributed by atoms with E-state index in [9.17, 15) is 4.79 Å². The van der Waals surface area contributed by atoms with E-state index in [0.717, 1.165) is 18.2 Å². The molecule has 1 saturated carbocycles. The topological polar surface area (TPSA) is 70.1 Å². The Morgan fingerprint density at radius 2 is 2.15 bits per heavy atom. The highest BCUT2D eigenvalue weighted by Gasteiger charge is 2.31. The molecule has 5 heteroatoms. The van der Waals surface area contributed by atoms with Gasteiger partial charge in [-0.1, -0.05) is 13.8 Å². The van der Waals surface area contributed by atoms with Crippen molar-refractivity contribution < 1.29 is 9.53 Å². The third kappa shape index (κ3) is 2.67. The van der Waals surface area contributed by atoms with Crippen molar-refractivity contribution in [2.45, 2.75) is 53.0 Å². The summed E-state index contributed by atoms with van der Waals surface area (Å²) >= 11 is 0. The molecule has 2 N–H and O–H groups in total. The number of hydrogen-bond acceptors (Lipinski definition) is 4. The maximum Gasteiger partial charge on any atom is 0.360 e. The zero-order valence-electron chi connectivity index (χ0n) is 12.8. The number of ether oxygens (including phenoxy) is 1. The second-order valence-corrected chi connectivity index (χ2v) is 5.95. The lowest BCUT2D eigenvalue weighted by Crippen LogP contribution is -2.26. The van der Waals surface area contributed by atoms with Gasteiger partial charge in [-0.2, -0.15) is 0 Å². The summed E-state index contributed by atoms with van der Waals surface area (Å²) in [6.45, 7) is 8.57. The smallest absolute Gasteiger partial charge is 0.360 e. The molecule has 3 unspecified atom stereocenters. The number of carbonyl (C=O) groups excluding carboxylic acids is 1. The Balaban J connectivity index is 2.30. The molecule has 1 aliphatic rings. The second kappa shape index (κ2) is 5.85. The van der Waals surface area contributed by atoms with Crippen LogP contribution in [0.15, 0.2) is 0 Å². The van der Waals surface area contributed by atoms with Crippen LogP contribution in [-0.2, 0) is 4.74 Å². The lowest BCUT2D eigenvalue weighted by molar-refractivity contribution is 0.0521. The molecule has 0 bridgehead atoms. The van der Waals surface area contributed by atoms with Crippen molar-refractivity contribution >= 4 is 11.8 Å². The molecular weight excluding hydrogens is 254 g/mol. The molecule has 0 amide bonds. The van der Waals surface area contributed by atoms with E-state index < -0.39 is 5.97 Å². The van der Waals surface area contributed by atoms with E-state index in [2.05, 4.69) is 18.8 Å². The molecule has 0 aromatic carbocycles. The minimum Gasteiger partial charge on any atom is -0.461 e. The fourth-order valence-corrected chi connectivity index (χ4v) is 3.36. The average molecular weight is 279 g/mol. The van der Waals surface area contributed by atoms with Crippen LogP contribution in [0.5, 0.6) is 0 Å². The van der Waals surface area contributed by atoms with Gasteiger partial charge in [-0.15, -0.1) is 0 Å². The van der Waals surface area contributed by atoms with Crippen molar-refractivity contribution in [2.24, 2.45) is 11.8 Å². The molecule has 1 aliphatic carbocycles. The number of hydrogen-bond donors (Lipinski definition) is 1. The molecule has 0 aliphatic heterocycles. The van der Waals surface area contributed by atoms with Crippen LogP contribution in [0.4, 0.5) is 5.82 Å². The Morgan fingerprint density at radius 3 is 2.75 bits per heavy atom. The largest absolute Gasteiger partial charge is 0.461 e. The van der Waals surface area contributed by atoms with Gasteiger partial charge in [-0.05, 0) is 44.9 Å². The third-order valence-corrected chi connectivity index (χ3v) is 4.31. The highest BCUT2D eigenvalue weighted by molar-refractivity contribution is 5.92. The molecule has 0 saturated heterocycles. The van der Waals surface area contributed by atoms with Crippen molar-refractivity contribution in [3.63, 3.8) is 0 Å². The van der Waals surface area contributed by atoms with Gasteiger partial charge in [0.15, 0.2) is 5.69 Å². The number of nitrogens with zero attached hydrogens (tertiary/aromatic N) is 2. The quantitative estimate of drug-likeness (QED) is 0.864. The fourth-order valence-electron chi connectivity index (χ4n) is 3.36. The zero-order valence-corrected chi connectivity index (χ0v) is 12.8. The summed E-state index contributed by atoms with van der Waals surface area (Å²) in [4.78, 5) is 16.2. The summed E-state index contributed by atoms with van der Waals surface area (Å²) in [5.41, 5.74) is 6.42. The average Bonchev–Trinajstić information content (AvgIpc) is 2.66. The number of nitrogens with two attached hydrogens (primary N) is 1. The third-order valence-electron chi connectivity index (χ3n) is 4.31. The van der Waals surface area contributed by atoms with Gasteiger partial charge in [0.05, 0.1) is 6.61 Å². The van der Waals surface area contributed by atoms with Gasteiger partial charge in [-0.3, -0.25) is 0 Å². The van der Waals surface area contributed by atoms with E-state index in [1.165, 1.54) is 12.8 Å². The molecule has 1 aromatic heterocycles. The molecule has 0 radical (unpaired) electrons. The van der Waals surface area contributed by atoms with Gasteiger partial charge in [0.2, 0.25) is 0 Å². The standard InChI is InChI=1S/C15H25N3O2/c1-5-20-15(19)13-14(16)18(11(4)17-13)12-7-6-9(2)8-10(12)3/h9-10,12H,5-8,16H2,1-4H3. The Morgan fingerprint density at radius 1 is 1.45 bits per heavy atom. The van der Waals surface area contributed by atoms with E-state index in [-0.39, 0.29) is 5.69 Å². The summed E-state index contributed by atoms with van der Waals surface area (Å²) in [7, 11) is 0. The van der Waals surface area contributed by atoms with Gasteiger partial charge in [-0.25, -0.2) is 9.78 Å². The molecule has 1 aromatic rings. The van der Waals surface area contributed by atoms with Gasteiger partial charge >= 0.3 is 5.97 Å². The molecule has 20 heavy (non-hydrogen) atoms. The van der Waals surface area contributed by atoms with E-state index in [1.807, 2.05) is 11.5 Å². The predicted molar refractivity (Wildman–Crippen MR) is 78.5 cm³/mol. The molecule has 5 nitrogen and oxygen atoms in total. The van der Waals surface area contributed by atoms with Crippen LogP contribution >= 0.6 is 0 Å². The molecule has 0 spiro atoms. The first-order valence-corrected chi connectivity index (χ1v) is 7.47. The minimum absolute atomic E-state index is 0.259. The number of aromatic nitrogens is 2. The van der Waals surface area contributed by atoms with Gasteiger partial charge in [0.25, 0.3) is 0 Å². The fraction of sp³-hybridized carbons (Fsp3) is 0.733. The second-order valence-electron chi connectivity index (χ2n) is 5.95. The first kappa shape index (κ1) is 14.9. The Hall–Kier alpha value is -1.52. The summed E-state index contributed by atoms with van der Waals surface area (Å²) < 4.78 is 7.04. The first-order chi connectivity index (χ1) is 9.45. The van der Waals surface area contributed by atoms with E-state index in [1.54, 1.807) is 6.92 Å². The molecule has 2 rings (SSSR count). The number of esters is 1. The Bertz CT molecular complexity index is 496. The Kier molecular flexibility index (Phi) is 4.35. The summed E-state index contributed by atoms with van der Waals surface area (Å²) in [5.74, 6) is 2.13. The van der Waals surface area contributed by atoms with Crippen LogP contribution in [0, 0.1) is 18.8 Å². The normalized spacial score (nSPS) is 26.5. The van der Waals surface area contributed by atoms with Gasteiger partial charge < -0.3 is 15.0 Å². The van der Waals surface area contributed by atoms with Crippen LogP contribution in [0.3, 0.4) is 0 Å². The van der Waals surface area contributed by atoms with Crippen LogP contribution in [0.2, 0.25) is 0 Å². The van der Waals surface area contributed by atoms with E-state index >= 15 is 0 Å². The van der Waals surface area contributed by atoms with Gasteiger partial charge in [0, 0.05) is 6.04 Å². The molecule has 112 valence electrons. The zero-order chi connectivity index (χ0) is 14.9. The molecule has 3 atom stereocenters. The molecule has 1 fully saturated rings. The highest BCUT2D eigenvalue weighted by atomic mass is 16.5. The maximum atomic E-state index is 11.9. The lowest BCUT2D eigenvalue weighted by atomic mass is 9.79. The van der Waals surface area contributed by atoms with Gasteiger partial charge in [0.1, 0.15) is 11.6 Å². The number of nitrogen functional groups attached to an aromatic ring is 1. The number of aryl methyl sites for hydroxylation is 1. The first-order valence-electron chi connectivity index (χ1n) is 7.47. The highest BCUT2D eigenvalue weighted by Crippen LogP contribution is 2.39. The van der Waals surface area contributed by atoms with Crippen molar-refractivity contribution in [1.82, 2.24) is 9.55 Å². The molecule has 1 heterocycles. The number of imidazole rings is 1. The van der Waals surface area contributed by atoms with E-state index in [0.29, 0.717) is 24.4 Å². The predicted octanol–water partition coefficient (Wildman–Crippen LogP) is 2.95.